The van der Waals surface area contributed by atoms with Gasteiger partial charge >= 0.3 is 0 Å². The van der Waals surface area contributed by atoms with Crippen LogP contribution < -0.4 is 5.32 Å². The summed E-state index contributed by atoms with van der Waals surface area (Å²) in [6.45, 7) is 5.61. The number of hydrogen-bond acceptors (Lipinski definition) is 2. The van der Waals surface area contributed by atoms with E-state index < -0.39 is 0 Å². The fourth-order valence-electron chi connectivity index (χ4n) is 2.09. The molecule has 1 aromatic rings. The molecule has 2 heteroatoms. The van der Waals surface area contributed by atoms with Gasteiger partial charge in [0.1, 0.15) is 0 Å². The summed E-state index contributed by atoms with van der Waals surface area (Å²) in [5.41, 5.74) is 2.82. The standard InChI is InChI=1S/C15H23NS/c1-4-13-5-7-14(8-6-13)12(2)16-11-15(17-3)9-10-15/h5-8,12,16H,4,9-11H2,1-3H3. The molecule has 1 aromatic carbocycles. The Hall–Kier alpha value is -0.470. The van der Waals surface area contributed by atoms with Crippen molar-refractivity contribution in [3.63, 3.8) is 0 Å². The molecular weight excluding hydrogens is 226 g/mol. The normalized spacial score (nSPS) is 19.0. The minimum absolute atomic E-state index is 0.463. The van der Waals surface area contributed by atoms with Crippen LogP contribution in [0.5, 0.6) is 0 Å². The van der Waals surface area contributed by atoms with Crippen LogP contribution in [0.3, 0.4) is 0 Å². The molecule has 17 heavy (non-hydrogen) atoms. The minimum atomic E-state index is 0.463. The van der Waals surface area contributed by atoms with Crippen LogP contribution >= 0.6 is 11.8 Å². The van der Waals surface area contributed by atoms with E-state index in [-0.39, 0.29) is 0 Å². The van der Waals surface area contributed by atoms with Gasteiger partial charge in [-0.2, -0.15) is 11.8 Å². The molecule has 94 valence electrons. The molecule has 0 spiro atoms. The molecule has 1 aliphatic rings. The fourth-order valence-corrected chi connectivity index (χ4v) is 2.83. The second-order valence-corrected chi connectivity index (χ2v) is 6.36. The van der Waals surface area contributed by atoms with Gasteiger partial charge in [-0.3, -0.25) is 0 Å². The summed E-state index contributed by atoms with van der Waals surface area (Å²) < 4.78 is 0.553. The Morgan fingerprint density at radius 3 is 2.41 bits per heavy atom. The quantitative estimate of drug-likeness (QED) is 0.823. The van der Waals surface area contributed by atoms with Crippen molar-refractivity contribution in [2.75, 3.05) is 12.8 Å². The number of thioether (sulfide) groups is 1. The lowest BCUT2D eigenvalue weighted by Gasteiger charge is -2.19. The zero-order chi connectivity index (χ0) is 12.3. The van der Waals surface area contributed by atoms with Crippen molar-refractivity contribution in [3.8, 4) is 0 Å². The fraction of sp³-hybridized carbons (Fsp3) is 0.600. The van der Waals surface area contributed by atoms with Gasteiger partial charge in [-0.25, -0.2) is 0 Å². The van der Waals surface area contributed by atoms with E-state index in [2.05, 4.69) is 49.7 Å². The maximum absolute atomic E-state index is 3.67. The predicted octanol–water partition coefficient (Wildman–Crippen LogP) is 3.80. The Labute approximate surface area is 109 Å². The maximum atomic E-state index is 3.67. The molecule has 0 radical (unpaired) electrons. The average molecular weight is 249 g/mol. The Bertz CT molecular complexity index is 354. The van der Waals surface area contributed by atoms with Crippen molar-refractivity contribution < 1.29 is 0 Å². The second-order valence-electron chi connectivity index (χ2n) is 5.08. The first-order valence-corrected chi connectivity index (χ1v) is 7.79. The monoisotopic (exact) mass is 249 g/mol. The first-order chi connectivity index (χ1) is 8.19. The van der Waals surface area contributed by atoms with Crippen LogP contribution in [-0.4, -0.2) is 17.5 Å². The number of nitrogens with one attached hydrogen (secondary N) is 1. The van der Waals surface area contributed by atoms with Gasteiger partial charge in [-0.15, -0.1) is 0 Å². The van der Waals surface area contributed by atoms with Crippen molar-refractivity contribution in [2.45, 2.75) is 43.9 Å². The number of aryl methyl sites for hydroxylation is 1. The van der Waals surface area contributed by atoms with E-state index in [9.17, 15) is 0 Å². The van der Waals surface area contributed by atoms with E-state index in [1.807, 2.05) is 11.8 Å². The van der Waals surface area contributed by atoms with E-state index in [0.717, 1.165) is 13.0 Å². The SMILES string of the molecule is CCc1ccc(C(C)NCC2(SC)CC2)cc1. The molecule has 1 atom stereocenters. The molecule has 2 rings (SSSR count). The molecule has 0 amide bonds. The van der Waals surface area contributed by atoms with Gasteiger partial charge in [0, 0.05) is 17.3 Å². The highest BCUT2D eigenvalue weighted by molar-refractivity contribution is 8.00. The van der Waals surface area contributed by atoms with Gasteiger partial charge in [-0.05, 0) is 43.6 Å². The zero-order valence-electron chi connectivity index (χ0n) is 11.1. The van der Waals surface area contributed by atoms with E-state index in [1.54, 1.807) is 0 Å². The number of rotatable bonds is 6. The van der Waals surface area contributed by atoms with Crippen LogP contribution in [-0.2, 0) is 6.42 Å². The molecule has 0 bridgehead atoms. The molecule has 1 N–H and O–H groups in total. The van der Waals surface area contributed by atoms with E-state index in [0.29, 0.717) is 10.8 Å². The molecule has 0 aromatic heterocycles. The second kappa shape index (κ2) is 5.45. The Balaban J connectivity index is 1.88. The summed E-state index contributed by atoms with van der Waals surface area (Å²) in [6.07, 6.45) is 6.11. The Morgan fingerprint density at radius 1 is 1.29 bits per heavy atom. The van der Waals surface area contributed by atoms with Crippen LogP contribution in [0.15, 0.2) is 24.3 Å². The van der Waals surface area contributed by atoms with Gasteiger partial charge < -0.3 is 5.32 Å². The molecule has 1 nitrogen and oxygen atoms in total. The van der Waals surface area contributed by atoms with Gasteiger partial charge in [0.25, 0.3) is 0 Å². The van der Waals surface area contributed by atoms with Crippen LogP contribution in [0.1, 0.15) is 43.9 Å². The van der Waals surface area contributed by atoms with Gasteiger partial charge in [0.2, 0.25) is 0 Å². The third kappa shape index (κ3) is 3.26. The summed E-state index contributed by atoms with van der Waals surface area (Å²) >= 11 is 2.02. The lowest BCUT2D eigenvalue weighted by Crippen LogP contribution is -2.28. The molecule has 1 fully saturated rings. The number of hydrogen-bond donors (Lipinski definition) is 1. The third-order valence-electron chi connectivity index (χ3n) is 3.86. The number of benzene rings is 1. The van der Waals surface area contributed by atoms with Gasteiger partial charge in [0.15, 0.2) is 0 Å². The van der Waals surface area contributed by atoms with E-state index in [1.165, 1.54) is 24.0 Å². The highest BCUT2D eigenvalue weighted by Crippen LogP contribution is 2.46. The topological polar surface area (TPSA) is 12.0 Å². The molecule has 1 aliphatic carbocycles. The third-order valence-corrected chi connectivity index (χ3v) is 5.28. The zero-order valence-corrected chi connectivity index (χ0v) is 11.9. The molecular formula is C15H23NS. The predicted molar refractivity (Wildman–Crippen MR) is 77.7 cm³/mol. The van der Waals surface area contributed by atoms with Crippen molar-refractivity contribution in [1.29, 1.82) is 0 Å². The summed E-state index contributed by atoms with van der Waals surface area (Å²) in [5.74, 6) is 0. The van der Waals surface area contributed by atoms with Crippen LogP contribution in [0, 0.1) is 0 Å². The first kappa shape index (κ1) is 13.0. The molecule has 1 unspecified atom stereocenters. The van der Waals surface area contributed by atoms with E-state index in [4.69, 9.17) is 0 Å². The minimum Gasteiger partial charge on any atom is -0.309 e. The lowest BCUT2D eigenvalue weighted by atomic mass is 10.0. The Morgan fingerprint density at radius 2 is 1.94 bits per heavy atom. The summed E-state index contributed by atoms with van der Waals surface area (Å²) in [5, 5.41) is 3.67. The smallest absolute Gasteiger partial charge is 0.0292 e. The lowest BCUT2D eigenvalue weighted by molar-refractivity contribution is 0.563. The maximum Gasteiger partial charge on any atom is 0.0292 e. The van der Waals surface area contributed by atoms with Gasteiger partial charge in [0.05, 0.1) is 0 Å². The van der Waals surface area contributed by atoms with Crippen molar-refractivity contribution in [2.24, 2.45) is 0 Å². The van der Waals surface area contributed by atoms with Gasteiger partial charge in [-0.1, -0.05) is 31.2 Å². The first-order valence-electron chi connectivity index (χ1n) is 6.56. The largest absolute Gasteiger partial charge is 0.309 e. The summed E-state index contributed by atoms with van der Waals surface area (Å²) in [7, 11) is 0. The Kier molecular flexibility index (Phi) is 4.16. The molecule has 1 saturated carbocycles. The van der Waals surface area contributed by atoms with Crippen LogP contribution in [0.25, 0.3) is 0 Å². The summed E-state index contributed by atoms with van der Waals surface area (Å²) in [6, 6.07) is 9.47. The van der Waals surface area contributed by atoms with Crippen molar-refractivity contribution >= 4 is 11.8 Å². The summed E-state index contributed by atoms with van der Waals surface area (Å²) in [4.78, 5) is 0. The van der Waals surface area contributed by atoms with Crippen LogP contribution in [0.4, 0.5) is 0 Å². The van der Waals surface area contributed by atoms with Crippen molar-refractivity contribution in [1.82, 2.24) is 5.32 Å². The highest BCUT2D eigenvalue weighted by atomic mass is 32.2. The molecule has 0 aliphatic heterocycles. The van der Waals surface area contributed by atoms with Crippen LogP contribution in [0.2, 0.25) is 0 Å². The average Bonchev–Trinajstić information content (AvgIpc) is 3.17. The van der Waals surface area contributed by atoms with Crippen molar-refractivity contribution in [3.05, 3.63) is 35.4 Å². The molecule has 0 heterocycles. The molecule has 0 saturated heterocycles. The highest BCUT2D eigenvalue weighted by Gasteiger charge is 2.41. The van der Waals surface area contributed by atoms with E-state index >= 15 is 0 Å².